The molecule has 2 N–H and O–H groups in total. The van der Waals surface area contributed by atoms with Gasteiger partial charge in [0, 0.05) is 24.6 Å². The third-order valence-electron chi connectivity index (χ3n) is 3.66. The third-order valence-corrected chi connectivity index (χ3v) is 3.66. The molecule has 0 amide bonds. The van der Waals surface area contributed by atoms with Gasteiger partial charge in [0.05, 0.1) is 12.3 Å². The summed E-state index contributed by atoms with van der Waals surface area (Å²) in [6.45, 7) is 2.10. The number of aliphatic hydroxyl groups is 1. The van der Waals surface area contributed by atoms with Gasteiger partial charge in [-0.15, -0.1) is 0 Å². The molecule has 0 bridgehead atoms. The van der Waals surface area contributed by atoms with Crippen LogP contribution in [0.1, 0.15) is 30.8 Å². The molecule has 0 aliphatic heterocycles. The molecule has 1 atom stereocenters. The van der Waals surface area contributed by atoms with Gasteiger partial charge < -0.3 is 14.8 Å². The predicted octanol–water partition coefficient (Wildman–Crippen LogP) is 3.23. The molecule has 0 aliphatic rings. The number of aryl methyl sites for hydroxylation is 1. The fourth-order valence-corrected chi connectivity index (χ4v) is 2.44. The fourth-order valence-electron chi connectivity index (χ4n) is 2.44. The van der Waals surface area contributed by atoms with Crippen molar-refractivity contribution in [2.45, 2.75) is 25.8 Å². The number of nitrogens with one attached hydrogen (secondary N) is 1. The first-order valence-corrected chi connectivity index (χ1v) is 8.00. The zero-order valence-electron chi connectivity index (χ0n) is 13.5. The molecule has 3 heterocycles. The summed E-state index contributed by atoms with van der Waals surface area (Å²) >= 11 is 0. The number of pyridine rings is 1. The maximum atomic E-state index is 9.32. The minimum absolute atomic E-state index is 0.0528. The Bertz CT molecular complexity index is 760. The summed E-state index contributed by atoms with van der Waals surface area (Å²) in [5, 5.41) is 12.7. The van der Waals surface area contributed by atoms with E-state index in [-0.39, 0.29) is 12.6 Å². The minimum Gasteiger partial charge on any atom is -0.467 e. The van der Waals surface area contributed by atoms with E-state index in [1.165, 1.54) is 0 Å². The summed E-state index contributed by atoms with van der Waals surface area (Å²) in [5.74, 6) is 2.04. The summed E-state index contributed by atoms with van der Waals surface area (Å²) in [5.41, 5.74) is 1.66. The van der Waals surface area contributed by atoms with Crippen LogP contribution >= 0.6 is 0 Å². The smallest absolute Gasteiger partial charge is 0.180 e. The second-order valence-electron chi connectivity index (χ2n) is 5.36. The first kappa shape index (κ1) is 16.1. The highest BCUT2D eigenvalue weighted by Crippen LogP contribution is 2.24. The van der Waals surface area contributed by atoms with E-state index in [2.05, 4.69) is 20.3 Å². The molecule has 3 aromatic rings. The van der Waals surface area contributed by atoms with Gasteiger partial charge in [-0.25, -0.2) is 9.97 Å². The van der Waals surface area contributed by atoms with E-state index in [4.69, 9.17) is 4.42 Å². The number of rotatable bonds is 7. The Morgan fingerprint density at radius 3 is 2.79 bits per heavy atom. The molecule has 0 aliphatic carbocycles. The SMILES string of the molecule is CCc1cc(NC(CCO)c2ccco2)nc(-c2ccccn2)n1. The highest BCUT2D eigenvalue weighted by Gasteiger charge is 2.16. The van der Waals surface area contributed by atoms with Crippen molar-refractivity contribution in [1.82, 2.24) is 15.0 Å². The van der Waals surface area contributed by atoms with Crippen LogP contribution in [0.5, 0.6) is 0 Å². The fraction of sp³-hybridized carbons (Fsp3) is 0.278. The molecule has 6 nitrogen and oxygen atoms in total. The Kier molecular flexibility index (Phi) is 5.18. The zero-order valence-corrected chi connectivity index (χ0v) is 13.5. The van der Waals surface area contributed by atoms with Crippen LogP contribution in [0.4, 0.5) is 5.82 Å². The highest BCUT2D eigenvalue weighted by molar-refractivity contribution is 5.53. The van der Waals surface area contributed by atoms with Crippen molar-refractivity contribution >= 4 is 5.82 Å². The van der Waals surface area contributed by atoms with Crippen molar-refractivity contribution < 1.29 is 9.52 Å². The van der Waals surface area contributed by atoms with Crippen molar-refractivity contribution in [3.63, 3.8) is 0 Å². The Labute approximate surface area is 140 Å². The van der Waals surface area contributed by atoms with Crippen LogP contribution in [0.15, 0.2) is 53.3 Å². The molecule has 0 saturated carbocycles. The number of aliphatic hydroxyl groups excluding tert-OH is 1. The number of nitrogens with zero attached hydrogens (tertiary/aromatic N) is 3. The van der Waals surface area contributed by atoms with E-state index >= 15 is 0 Å². The van der Waals surface area contributed by atoms with Crippen LogP contribution in [0.2, 0.25) is 0 Å². The molecule has 0 aromatic carbocycles. The Balaban J connectivity index is 1.92. The maximum Gasteiger partial charge on any atom is 0.180 e. The van der Waals surface area contributed by atoms with Gasteiger partial charge in [-0.2, -0.15) is 0 Å². The average Bonchev–Trinajstić information content (AvgIpc) is 3.16. The van der Waals surface area contributed by atoms with Gasteiger partial charge in [0.15, 0.2) is 5.82 Å². The van der Waals surface area contributed by atoms with Gasteiger partial charge >= 0.3 is 0 Å². The summed E-state index contributed by atoms with van der Waals surface area (Å²) in [4.78, 5) is 13.4. The first-order chi connectivity index (χ1) is 11.8. The summed E-state index contributed by atoms with van der Waals surface area (Å²) in [6.07, 6.45) is 4.67. The van der Waals surface area contributed by atoms with Gasteiger partial charge in [0.25, 0.3) is 0 Å². The topological polar surface area (TPSA) is 84.1 Å². The minimum atomic E-state index is -0.152. The molecular formula is C18H20N4O2. The predicted molar refractivity (Wildman–Crippen MR) is 91.4 cm³/mol. The third kappa shape index (κ3) is 3.78. The molecule has 24 heavy (non-hydrogen) atoms. The monoisotopic (exact) mass is 324 g/mol. The quantitative estimate of drug-likeness (QED) is 0.694. The molecule has 3 aromatic heterocycles. The second kappa shape index (κ2) is 7.70. The molecule has 6 heteroatoms. The molecule has 124 valence electrons. The van der Waals surface area contributed by atoms with Crippen molar-refractivity contribution in [2.24, 2.45) is 0 Å². The lowest BCUT2D eigenvalue weighted by Crippen LogP contribution is -2.14. The van der Waals surface area contributed by atoms with Crippen molar-refractivity contribution in [3.05, 3.63) is 60.3 Å². The number of anilines is 1. The normalized spacial score (nSPS) is 12.1. The Morgan fingerprint density at radius 1 is 1.21 bits per heavy atom. The van der Waals surface area contributed by atoms with Crippen LogP contribution in [-0.2, 0) is 6.42 Å². The van der Waals surface area contributed by atoms with Gasteiger partial charge in [-0.1, -0.05) is 13.0 Å². The van der Waals surface area contributed by atoms with Gasteiger partial charge in [-0.05, 0) is 37.1 Å². The van der Waals surface area contributed by atoms with Crippen LogP contribution in [0.25, 0.3) is 11.5 Å². The number of furan rings is 1. The standard InChI is InChI=1S/C18H20N4O2/c1-2-13-12-17(21-14(8-10-23)16-7-5-11-24-16)22-18(20-13)15-6-3-4-9-19-15/h3-7,9,11-12,14,23H,2,8,10H2,1H3,(H,20,21,22). The van der Waals surface area contributed by atoms with Crippen LogP contribution in [0.3, 0.4) is 0 Å². The van der Waals surface area contributed by atoms with E-state index in [0.717, 1.165) is 23.6 Å². The van der Waals surface area contributed by atoms with Crippen molar-refractivity contribution in [3.8, 4) is 11.5 Å². The Hall–Kier alpha value is -2.73. The average molecular weight is 324 g/mol. The molecule has 0 spiro atoms. The summed E-state index contributed by atoms with van der Waals surface area (Å²) in [6, 6.07) is 11.1. The highest BCUT2D eigenvalue weighted by atomic mass is 16.3. The lowest BCUT2D eigenvalue weighted by atomic mass is 10.1. The van der Waals surface area contributed by atoms with E-state index in [9.17, 15) is 5.11 Å². The lowest BCUT2D eigenvalue weighted by Gasteiger charge is -2.17. The van der Waals surface area contributed by atoms with E-state index < -0.39 is 0 Å². The molecule has 0 fully saturated rings. The number of hydrogen-bond acceptors (Lipinski definition) is 6. The van der Waals surface area contributed by atoms with Crippen molar-refractivity contribution in [2.75, 3.05) is 11.9 Å². The molecule has 0 radical (unpaired) electrons. The lowest BCUT2D eigenvalue weighted by molar-refractivity contribution is 0.273. The number of hydrogen-bond donors (Lipinski definition) is 2. The number of aromatic nitrogens is 3. The molecule has 3 rings (SSSR count). The van der Waals surface area contributed by atoms with E-state index in [0.29, 0.717) is 18.1 Å². The first-order valence-electron chi connectivity index (χ1n) is 8.00. The van der Waals surface area contributed by atoms with E-state index in [1.54, 1.807) is 12.5 Å². The Morgan fingerprint density at radius 2 is 2.12 bits per heavy atom. The molecule has 0 saturated heterocycles. The molecule has 1 unspecified atom stereocenters. The van der Waals surface area contributed by atoms with E-state index in [1.807, 2.05) is 43.3 Å². The van der Waals surface area contributed by atoms with Crippen molar-refractivity contribution in [1.29, 1.82) is 0 Å². The van der Waals surface area contributed by atoms with Crippen LogP contribution in [0, 0.1) is 0 Å². The molecular weight excluding hydrogens is 304 g/mol. The maximum absolute atomic E-state index is 9.32. The van der Waals surface area contributed by atoms with Gasteiger partial charge in [0.1, 0.15) is 17.3 Å². The van der Waals surface area contributed by atoms with Gasteiger partial charge in [0.2, 0.25) is 0 Å². The summed E-state index contributed by atoms with van der Waals surface area (Å²) < 4.78 is 5.46. The largest absolute Gasteiger partial charge is 0.467 e. The second-order valence-corrected chi connectivity index (χ2v) is 5.36. The summed E-state index contributed by atoms with van der Waals surface area (Å²) in [7, 11) is 0. The van der Waals surface area contributed by atoms with Gasteiger partial charge in [-0.3, -0.25) is 4.98 Å². The van der Waals surface area contributed by atoms with Crippen LogP contribution in [-0.4, -0.2) is 26.7 Å². The zero-order chi connectivity index (χ0) is 16.8. The van der Waals surface area contributed by atoms with Crippen LogP contribution < -0.4 is 5.32 Å².